The van der Waals surface area contributed by atoms with Crippen LogP contribution in [-0.2, 0) is 13.0 Å². The summed E-state index contributed by atoms with van der Waals surface area (Å²) in [6, 6.07) is 9.88. The Kier molecular flexibility index (Phi) is 4.32. The van der Waals surface area contributed by atoms with E-state index in [1.807, 2.05) is 31.2 Å². The molecule has 0 saturated carbocycles. The minimum absolute atomic E-state index is 0.185. The molecular formula is C15H17N3O. The van der Waals surface area contributed by atoms with Crippen LogP contribution in [0, 0.1) is 11.3 Å². The predicted molar refractivity (Wildman–Crippen MR) is 72.3 cm³/mol. The Hall–Kier alpha value is -2.12. The Morgan fingerprint density at radius 1 is 1.37 bits per heavy atom. The summed E-state index contributed by atoms with van der Waals surface area (Å²) in [5.41, 5.74) is 1.82. The first-order chi connectivity index (χ1) is 9.22. The summed E-state index contributed by atoms with van der Waals surface area (Å²) in [4.78, 5) is 4.21. The van der Waals surface area contributed by atoms with Gasteiger partial charge < -0.3 is 9.73 Å². The summed E-state index contributed by atoms with van der Waals surface area (Å²) in [6.45, 7) is 4.71. The van der Waals surface area contributed by atoms with Gasteiger partial charge in [0.1, 0.15) is 5.76 Å². The zero-order valence-electron chi connectivity index (χ0n) is 11.2. The van der Waals surface area contributed by atoms with Crippen LogP contribution in [0.3, 0.4) is 0 Å². The summed E-state index contributed by atoms with van der Waals surface area (Å²) in [6.07, 6.45) is 2.63. The summed E-state index contributed by atoms with van der Waals surface area (Å²) in [5, 5.41) is 12.1. The lowest BCUT2D eigenvalue weighted by Crippen LogP contribution is -2.18. The molecule has 0 radical (unpaired) electrons. The lowest BCUT2D eigenvalue weighted by molar-refractivity contribution is 0.424. The van der Waals surface area contributed by atoms with Crippen LogP contribution in [0.5, 0.6) is 0 Å². The Morgan fingerprint density at radius 2 is 2.11 bits per heavy atom. The third-order valence-corrected chi connectivity index (χ3v) is 3.05. The minimum atomic E-state index is 0.185. The normalized spacial score (nSPS) is 12.1. The van der Waals surface area contributed by atoms with Gasteiger partial charge in [0.2, 0.25) is 5.89 Å². The number of nitrogens with one attached hydrogen (secondary N) is 1. The van der Waals surface area contributed by atoms with Crippen LogP contribution in [0.25, 0.3) is 0 Å². The monoisotopic (exact) mass is 255 g/mol. The minimum Gasteiger partial charge on any atom is -0.444 e. The fourth-order valence-electron chi connectivity index (χ4n) is 1.80. The summed E-state index contributed by atoms with van der Waals surface area (Å²) >= 11 is 0. The van der Waals surface area contributed by atoms with Crippen molar-refractivity contribution >= 4 is 0 Å². The van der Waals surface area contributed by atoms with E-state index in [0.29, 0.717) is 18.0 Å². The molecule has 4 heteroatoms. The molecule has 0 saturated heterocycles. The topological polar surface area (TPSA) is 61.9 Å². The highest BCUT2D eigenvalue weighted by Gasteiger charge is 2.07. The first-order valence-electron chi connectivity index (χ1n) is 6.40. The standard InChI is InChI=1S/C15H17N3O/c1-3-14-9-18-15(19-14)10-17-11(2)13-6-4-12(8-16)5-7-13/h4-7,9,11,17H,3,10H2,1-2H3. The van der Waals surface area contributed by atoms with Gasteiger partial charge >= 0.3 is 0 Å². The average molecular weight is 255 g/mol. The molecule has 1 unspecified atom stereocenters. The molecule has 0 spiro atoms. The zero-order chi connectivity index (χ0) is 13.7. The third kappa shape index (κ3) is 3.43. The molecule has 0 bridgehead atoms. The highest BCUT2D eigenvalue weighted by molar-refractivity contribution is 5.32. The highest BCUT2D eigenvalue weighted by atomic mass is 16.4. The second kappa shape index (κ2) is 6.17. The molecule has 0 amide bonds. The van der Waals surface area contributed by atoms with Gasteiger partial charge in [-0.05, 0) is 24.6 Å². The molecule has 1 heterocycles. The van der Waals surface area contributed by atoms with E-state index >= 15 is 0 Å². The van der Waals surface area contributed by atoms with Gasteiger partial charge in [-0.15, -0.1) is 0 Å². The highest BCUT2D eigenvalue weighted by Crippen LogP contribution is 2.14. The van der Waals surface area contributed by atoms with Crippen molar-refractivity contribution in [1.29, 1.82) is 5.26 Å². The average Bonchev–Trinajstić information content (AvgIpc) is 2.93. The smallest absolute Gasteiger partial charge is 0.208 e. The number of hydrogen-bond donors (Lipinski definition) is 1. The number of aryl methyl sites for hydroxylation is 1. The summed E-state index contributed by atoms with van der Waals surface area (Å²) in [7, 11) is 0. The maximum atomic E-state index is 8.76. The van der Waals surface area contributed by atoms with Crippen LogP contribution in [0.2, 0.25) is 0 Å². The molecule has 2 rings (SSSR count). The molecule has 2 aromatic rings. The quantitative estimate of drug-likeness (QED) is 0.892. The van der Waals surface area contributed by atoms with E-state index in [1.54, 1.807) is 6.20 Å². The second-order valence-electron chi connectivity index (χ2n) is 4.41. The van der Waals surface area contributed by atoms with Crippen LogP contribution < -0.4 is 5.32 Å². The van der Waals surface area contributed by atoms with E-state index in [-0.39, 0.29) is 6.04 Å². The Morgan fingerprint density at radius 3 is 2.68 bits per heavy atom. The largest absolute Gasteiger partial charge is 0.444 e. The van der Waals surface area contributed by atoms with Crippen LogP contribution in [0.4, 0.5) is 0 Å². The Balaban J connectivity index is 1.93. The molecule has 1 N–H and O–H groups in total. The van der Waals surface area contributed by atoms with Crippen LogP contribution >= 0.6 is 0 Å². The number of oxazole rings is 1. The Bertz CT molecular complexity index is 566. The van der Waals surface area contributed by atoms with E-state index in [4.69, 9.17) is 9.68 Å². The van der Waals surface area contributed by atoms with E-state index in [1.165, 1.54) is 0 Å². The molecule has 1 aromatic heterocycles. The van der Waals surface area contributed by atoms with Crippen molar-refractivity contribution in [2.24, 2.45) is 0 Å². The van der Waals surface area contributed by atoms with Crippen molar-refractivity contribution in [1.82, 2.24) is 10.3 Å². The first kappa shape index (κ1) is 13.3. The maximum Gasteiger partial charge on any atom is 0.208 e. The molecule has 19 heavy (non-hydrogen) atoms. The van der Waals surface area contributed by atoms with E-state index in [2.05, 4.69) is 23.3 Å². The molecule has 0 fully saturated rings. The van der Waals surface area contributed by atoms with Crippen LogP contribution in [0.15, 0.2) is 34.9 Å². The number of nitriles is 1. The third-order valence-electron chi connectivity index (χ3n) is 3.05. The molecular weight excluding hydrogens is 238 g/mol. The fourth-order valence-corrected chi connectivity index (χ4v) is 1.80. The van der Waals surface area contributed by atoms with Gasteiger partial charge in [0, 0.05) is 12.5 Å². The van der Waals surface area contributed by atoms with Crippen molar-refractivity contribution in [2.45, 2.75) is 32.9 Å². The van der Waals surface area contributed by atoms with Crippen LogP contribution in [0.1, 0.15) is 42.7 Å². The van der Waals surface area contributed by atoms with Crippen molar-refractivity contribution < 1.29 is 4.42 Å². The lowest BCUT2D eigenvalue weighted by Gasteiger charge is -2.12. The van der Waals surface area contributed by atoms with Crippen molar-refractivity contribution in [3.8, 4) is 6.07 Å². The van der Waals surface area contributed by atoms with Gasteiger partial charge in [-0.3, -0.25) is 0 Å². The molecule has 0 aliphatic heterocycles. The van der Waals surface area contributed by atoms with Gasteiger partial charge in [-0.2, -0.15) is 5.26 Å². The van der Waals surface area contributed by atoms with Crippen molar-refractivity contribution in [2.75, 3.05) is 0 Å². The molecule has 0 aliphatic rings. The first-order valence-corrected chi connectivity index (χ1v) is 6.40. The van der Waals surface area contributed by atoms with Gasteiger partial charge in [0.25, 0.3) is 0 Å². The predicted octanol–water partition coefficient (Wildman–Crippen LogP) is 2.96. The van der Waals surface area contributed by atoms with Gasteiger partial charge in [-0.25, -0.2) is 4.98 Å². The molecule has 98 valence electrons. The lowest BCUT2D eigenvalue weighted by atomic mass is 10.1. The van der Waals surface area contributed by atoms with E-state index in [0.717, 1.165) is 17.7 Å². The summed E-state index contributed by atoms with van der Waals surface area (Å²) < 4.78 is 5.54. The number of aromatic nitrogens is 1. The second-order valence-corrected chi connectivity index (χ2v) is 4.41. The zero-order valence-corrected chi connectivity index (χ0v) is 11.2. The van der Waals surface area contributed by atoms with Gasteiger partial charge in [0.05, 0.1) is 24.4 Å². The molecule has 1 atom stereocenters. The van der Waals surface area contributed by atoms with Crippen molar-refractivity contribution in [3.63, 3.8) is 0 Å². The fraction of sp³-hybridized carbons (Fsp3) is 0.333. The van der Waals surface area contributed by atoms with Gasteiger partial charge in [0.15, 0.2) is 0 Å². The number of rotatable bonds is 5. The van der Waals surface area contributed by atoms with Gasteiger partial charge in [-0.1, -0.05) is 19.1 Å². The van der Waals surface area contributed by atoms with Crippen molar-refractivity contribution in [3.05, 3.63) is 53.2 Å². The summed E-state index contributed by atoms with van der Waals surface area (Å²) in [5.74, 6) is 1.61. The Labute approximate surface area is 113 Å². The number of hydrogen-bond acceptors (Lipinski definition) is 4. The van der Waals surface area contributed by atoms with Crippen LogP contribution in [-0.4, -0.2) is 4.98 Å². The van der Waals surface area contributed by atoms with E-state index < -0.39 is 0 Å². The maximum absolute atomic E-state index is 8.76. The molecule has 1 aromatic carbocycles. The SMILES string of the molecule is CCc1cnc(CNC(C)c2ccc(C#N)cc2)o1. The molecule has 0 aliphatic carbocycles. The number of nitrogens with zero attached hydrogens (tertiary/aromatic N) is 2. The van der Waals surface area contributed by atoms with E-state index in [9.17, 15) is 0 Å². The number of benzene rings is 1. The molecule has 4 nitrogen and oxygen atoms in total.